The summed E-state index contributed by atoms with van der Waals surface area (Å²) in [7, 11) is 0. The predicted octanol–water partition coefficient (Wildman–Crippen LogP) is 1.47. The highest BCUT2D eigenvalue weighted by atomic mass is 35.5. The fourth-order valence-corrected chi connectivity index (χ4v) is 2.07. The fourth-order valence-electron chi connectivity index (χ4n) is 1.89. The van der Waals surface area contributed by atoms with Crippen molar-refractivity contribution < 1.29 is 15.0 Å². The predicted molar refractivity (Wildman–Crippen MR) is 73.0 cm³/mol. The molecule has 0 spiro atoms. The molecule has 6 heteroatoms. The Kier molecular flexibility index (Phi) is 5.29. The lowest BCUT2D eigenvalue weighted by Crippen LogP contribution is -2.56. The second kappa shape index (κ2) is 6.32. The van der Waals surface area contributed by atoms with Gasteiger partial charge in [0, 0.05) is 29.4 Å². The third kappa shape index (κ3) is 4.16. The van der Waals surface area contributed by atoms with Crippen LogP contribution in [0.4, 0.5) is 0 Å². The van der Waals surface area contributed by atoms with E-state index in [2.05, 4.69) is 4.98 Å². The van der Waals surface area contributed by atoms with Gasteiger partial charge in [-0.05, 0) is 24.5 Å². The zero-order chi connectivity index (χ0) is 14.6. The first-order valence-electron chi connectivity index (χ1n) is 6.07. The molecular formula is C13H19ClN2O3. The molecular weight excluding hydrogens is 268 g/mol. The lowest BCUT2D eigenvalue weighted by Gasteiger charge is -2.30. The molecule has 0 amide bonds. The molecule has 106 valence electrons. The van der Waals surface area contributed by atoms with Gasteiger partial charge in [-0.3, -0.25) is 4.98 Å². The van der Waals surface area contributed by atoms with Crippen LogP contribution in [0.5, 0.6) is 0 Å². The Bertz CT molecular complexity index is 453. The SMILES string of the molecule is CC(C)C[C@H](N)[C@](O)(Cc1cc(Cl)ccn1)C(=O)O. The third-order valence-corrected chi connectivity index (χ3v) is 3.17. The first-order chi connectivity index (χ1) is 8.75. The van der Waals surface area contributed by atoms with Crippen LogP contribution >= 0.6 is 11.6 Å². The Hall–Kier alpha value is -1.17. The summed E-state index contributed by atoms with van der Waals surface area (Å²) in [5.41, 5.74) is 4.21. The molecule has 0 fully saturated rings. The monoisotopic (exact) mass is 286 g/mol. The van der Waals surface area contributed by atoms with E-state index in [1.807, 2.05) is 13.8 Å². The molecule has 0 radical (unpaired) electrons. The first-order valence-corrected chi connectivity index (χ1v) is 6.45. The maximum atomic E-state index is 11.3. The van der Waals surface area contributed by atoms with Gasteiger partial charge in [-0.2, -0.15) is 0 Å². The molecule has 0 unspecified atom stereocenters. The van der Waals surface area contributed by atoms with Crippen LogP contribution in [0.1, 0.15) is 26.0 Å². The van der Waals surface area contributed by atoms with E-state index in [9.17, 15) is 15.0 Å². The third-order valence-electron chi connectivity index (χ3n) is 2.94. The number of rotatable bonds is 6. The molecule has 0 saturated heterocycles. The average molecular weight is 287 g/mol. The summed E-state index contributed by atoms with van der Waals surface area (Å²) >= 11 is 5.82. The quantitative estimate of drug-likeness (QED) is 0.736. The Morgan fingerprint density at radius 1 is 1.58 bits per heavy atom. The molecule has 2 atom stereocenters. The lowest BCUT2D eigenvalue weighted by molar-refractivity contribution is -0.161. The number of aliphatic carboxylic acids is 1. The highest BCUT2D eigenvalue weighted by Crippen LogP contribution is 2.22. The molecule has 1 aromatic heterocycles. The number of nitrogens with zero attached hydrogens (tertiary/aromatic N) is 1. The highest BCUT2D eigenvalue weighted by molar-refractivity contribution is 6.30. The molecule has 1 aromatic rings. The molecule has 5 nitrogen and oxygen atoms in total. The van der Waals surface area contributed by atoms with Crippen LogP contribution in [-0.2, 0) is 11.2 Å². The molecule has 19 heavy (non-hydrogen) atoms. The number of hydrogen-bond acceptors (Lipinski definition) is 4. The molecule has 0 saturated carbocycles. The van der Waals surface area contributed by atoms with E-state index >= 15 is 0 Å². The average Bonchev–Trinajstić information content (AvgIpc) is 2.27. The Labute approximate surface area is 117 Å². The van der Waals surface area contributed by atoms with Crippen molar-refractivity contribution >= 4 is 17.6 Å². The van der Waals surface area contributed by atoms with E-state index in [-0.39, 0.29) is 12.3 Å². The maximum absolute atomic E-state index is 11.3. The minimum Gasteiger partial charge on any atom is -0.479 e. The number of pyridine rings is 1. The molecule has 1 heterocycles. The standard InChI is InChI=1S/C13H19ClN2O3/c1-8(2)5-11(15)13(19,12(17)18)7-10-6-9(14)3-4-16-10/h3-4,6,8,11,19H,5,7,15H2,1-2H3,(H,17,18)/t11-,13+/m0/s1. The molecule has 0 aliphatic rings. The van der Waals surface area contributed by atoms with Gasteiger partial charge in [0.15, 0.2) is 5.60 Å². The highest BCUT2D eigenvalue weighted by Gasteiger charge is 2.43. The molecule has 0 aliphatic carbocycles. The molecule has 0 aliphatic heterocycles. The molecule has 4 N–H and O–H groups in total. The van der Waals surface area contributed by atoms with Crippen LogP contribution in [-0.4, -0.2) is 32.8 Å². The van der Waals surface area contributed by atoms with Gasteiger partial charge in [0.05, 0.1) is 0 Å². The van der Waals surface area contributed by atoms with Crippen LogP contribution < -0.4 is 5.73 Å². The molecule has 0 aromatic carbocycles. The zero-order valence-electron chi connectivity index (χ0n) is 11.0. The van der Waals surface area contributed by atoms with Crippen LogP contribution in [0.15, 0.2) is 18.3 Å². The fraction of sp³-hybridized carbons (Fsp3) is 0.538. The van der Waals surface area contributed by atoms with Crippen molar-refractivity contribution in [1.82, 2.24) is 4.98 Å². The van der Waals surface area contributed by atoms with Gasteiger partial charge in [0.2, 0.25) is 0 Å². The second-order valence-electron chi connectivity index (χ2n) is 5.11. The minimum atomic E-state index is -2.04. The van der Waals surface area contributed by atoms with Gasteiger partial charge >= 0.3 is 5.97 Å². The summed E-state index contributed by atoms with van der Waals surface area (Å²) < 4.78 is 0. The first kappa shape index (κ1) is 15.9. The summed E-state index contributed by atoms with van der Waals surface area (Å²) in [6, 6.07) is 2.24. The van der Waals surface area contributed by atoms with E-state index in [0.717, 1.165) is 0 Å². The van der Waals surface area contributed by atoms with Crippen LogP contribution in [0.3, 0.4) is 0 Å². The van der Waals surface area contributed by atoms with Gasteiger partial charge in [-0.1, -0.05) is 25.4 Å². The minimum absolute atomic E-state index is 0.170. The number of hydrogen-bond donors (Lipinski definition) is 3. The van der Waals surface area contributed by atoms with E-state index in [0.29, 0.717) is 17.1 Å². The Morgan fingerprint density at radius 3 is 2.68 bits per heavy atom. The number of carboxylic acid groups (broad SMARTS) is 1. The molecule has 0 bridgehead atoms. The van der Waals surface area contributed by atoms with Crippen molar-refractivity contribution in [3.8, 4) is 0 Å². The topological polar surface area (TPSA) is 96.4 Å². The van der Waals surface area contributed by atoms with Gasteiger partial charge < -0.3 is 15.9 Å². The Morgan fingerprint density at radius 2 is 2.21 bits per heavy atom. The van der Waals surface area contributed by atoms with E-state index in [1.54, 1.807) is 6.07 Å². The van der Waals surface area contributed by atoms with Crippen molar-refractivity contribution in [3.05, 3.63) is 29.0 Å². The number of nitrogens with two attached hydrogens (primary N) is 1. The van der Waals surface area contributed by atoms with Crippen molar-refractivity contribution in [2.45, 2.75) is 38.3 Å². The van der Waals surface area contributed by atoms with Gasteiger partial charge in [-0.25, -0.2) is 4.79 Å². The van der Waals surface area contributed by atoms with Crippen LogP contribution in [0.25, 0.3) is 0 Å². The van der Waals surface area contributed by atoms with Gasteiger partial charge in [-0.15, -0.1) is 0 Å². The van der Waals surface area contributed by atoms with Crippen molar-refractivity contribution in [2.75, 3.05) is 0 Å². The second-order valence-corrected chi connectivity index (χ2v) is 5.54. The zero-order valence-corrected chi connectivity index (χ0v) is 11.8. The Balaban J connectivity index is 2.97. The van der Waals surface area contributed by atoms with Gasteiger partial charge in [0.1, 0.15) is 0 Å². The van der Waals surface area contributed by atoms with E-state index < -0.39 is 17.6 Å². The van der Waals surface area contributed by atoms with Crippen molar-refractivity contribution in [3.63, 3.8) is 0 Å². The summed E-state index contributed by atoms with van der Waals surface area (Å²) in [4.78, 5) is 15.3. The number of aromatic nitrogens is 1. The number of carbonyl (C=O) groups is 1. The maximum Gasteiger partial charge on any atom is 0.337 e. The summed E-state index contributed by atoms with van der Waals surface area (Å²) in [5, 5.41) is 20.0. The lowest BCUT2D eigenvalue weighted by atomic mass is 9.84. The number of aliphatic hydroxyl groups is 1. The van der Waals surface area contributed by atoms with Crippen molar-refractivity contribution in [1.29, 1.82) is 0 Å². The van der Waals surface area contributed by atoms with E-state index in [1.165, 1.54) is 12.3 Å². The molecule has 1 rings (SSSR count). The smallest absolute Gasteiger partial charge is 0.337 e. The van der Waals surface area contributed by atoms with Crippen LogP contribution in [0.2, 0.25) is 5.02 Å². The van der Waals surface area contributed by atoms with Crippen LogP contribution in [0, 0.1) is 5.92 Å². The van der Waals surface area contributed by atoms with E-state index in [4.69, 9.17) is 17.3 Å². The summed E-state index contributed by atoms with van der Waals surface area (Å²) in [6.45, 7) is 3.83. The summed E-state index contributed by atoms with van der Waals surface area (Å²) in [6.07, 6.45) is 1.70. The number of halogens is 1. The van der Waals surface area contributed by atoms with Crippen molar-refractivity contribution in [2.24, 2.45) is 11.7 Å². The summed E-state index contributed by atoms with van der Waals surface area (Å²) in [5.74, 6) is -1.16. The largest absolute Gasteiger partial charge is 0.479 e. The van der Waals surface area contributed by atoms with Gasteiger partial charge in [0.25, 0.3) is 0 Å². The number of carboxylic acids is 1. The normalized spacial score (nSPS) is 16.1.